The van der Waals surface area contributed by atoms with Crippen LogP contribution in [-0.4, -0.2) is 39.1 Å². The van der Waals surface area contributed by atoms with Crippen molar-refractivity contribution in [3.63, 3.8) is 0 Å². The first-order chi connectivity index (χ1) is 13.0. The number of carbonyl (C=O) groups is 1. The van der Waals surface area contributed by atoms with Gasteiger partial charge in [0.25, 0.3) is 0 Å². The van der Waals surface area contributed by atoms with Gasteiger partial charge >= 0.3 is 5.97 Å². The summed E-state index contributed by atoms with van der Waals surface area (Å²) in [4.78, 5) is 17.8. The van der Waals surface area contributed by atoms with Crippen molar-refractivity contribution in [2.45, 2.75) is 56.6 Å². The molecule has 5 nitrogen and oxygen atoms in total. The van der Waals surface area contributed by atoms with Gasteiger partial charge in [-0.15, -0.1) is 22.9 Å². The van der Waals surface area contributed by atoms with Gasteiger partial charge in [-0.1, -0.05) is 19.1 Å². The molecule has 0 spiro atoms. The molecule has 3 unspecified atom stereocenters. The van der Waals surface area contributed by atoms with E-state index in [2.05, 4.69) is 22.0 Å². The number of carboxylic acids is 1. The number of carboxylic acid groups (broad SMARTS) is 1. The van der Waals surface area contributed by atoms with Gasteiger partial charge in [0, 0.05) is 18.3 Å². The van der Waals surface area contributed by atoms with E-state index in [1.165, 1.54) is 17.5 Å². The number of thiazole rings is 1. The van der Waals surface area contributed by atoms with Crippen LogP contribution < -0.4 is 4.90 Å². The van der Waals surface area contributed by atoms with E-state index in [4.69, 9.17) is 16.7 Å². The van der Waals surface area contributed by atoms with Gasteiger partial charge in [0.1, 0.15) is 4.88 Å². The Labute approximate surface area is 168 Å². The fourth-order valence-electron chi connectivity index (χ4n) is 3.58. The van der Waals surface area contributed by atoms with Gasteiger partial charge in [-0.2, -0.15) is 0 Å². The summed E-state index contributed by atoms with van der Waals surface area (Å²) in [5.41, 5.74) is 2.08. The number of nitrogens with zero attached hydrogens (tertiary/aromatic N) is 2. The van der Waals surface area contributed by atoms with Gasteiger partial charge in [-0.3, -0.25) is 0 Å². The van der Waals surface area contributed by atoms with Crippen LogP contribution in [0.2, 0.25) is 0 Å². The molecule has 1 fully saturated rings. The van der Waals surface area contributed by atoms with Crippen molar-refractivity contribution < 1.29 is 15.0 Å². The van der Waals surface area contributed by atoms with E-state index >= 15 is 0 Å². The topological polar surface area (TPSA) is 73.7 Å². The number of hydrogen-bond acceptors (Lipinski definition) is 5. The Morgan fingerprint density at radius 1 is 1.41 bits per heavy atom. The van der Waals surface area contributed by atoms with Crippen molar-refractivity contribution >= 4 is 34.6 Å². The highest BCUT2D eigenvalue weighted by molar-refractivity contribution is 7.13. The van der Waals surface area contributed by atoms with Crippen LogP contribution in [0.25, 0.3) is 0 Å². The lowest BCUT2D eigenvalue weighted by Crippen LogP contribution is -2.33. The van der Waals surface area contributed by atoms with E-state index in [1.54, 1.807) is 0 Å². The second-order valence-electron chi connectivity index (χ2n) is 6.90. The summed E-state index contributed by atoms with van der Waals surface area (Å²) in [6, 6.07) is 8.37. The van der Waals surface area contributed by atoms with E-state index in [9.17, 15) is 9.90 Å². The molecule has 0 saturated carbocycles. The Morgan fingerprint density at radius 2 is 2.15 bits per heavy atom. The van der Waals surface area contributed by atoms with Gasteiger partial charge in [-0.25, -0.2) is 9.78 Å². The summed E-state index contributed by atoms with van der Waals surface area (Å²) < 4.78 is 0. The predicted octanol–water partition coefficient (Wildman–Crippen LogP) is 4.49. The second-order valence-corrected chi connectivity index (χ2v) is 8.57. The lowest BCUT2D eigenvalue weighted by atomic mass is 10.0. The minimum Gasteiger partial charge on any atom is -0.477 e. The fourth-order valence-corrected chi connectivity index (χ4v) is 4.74. The number of aryl methyl sites for hydroxylation is 1. The molecular weight excluding hydrogens is 384 g/mol. The molecule has 1 saturated heterocycles. The van der Waals surface area contributed by atoms with Crippen LogP contribution in [0, 0.1) is 0 Å². The molecule has 1 aliphatic rings. The van der Waals surface area contributed by atoms with E-state index in [-0.39, 0.29) is 16.3 Å². The Morgan fingerprint density at radius 3 is 2.78 bits per heavy atom. The molecule has 2 N–H and O–H groups in total. The number of aliphatic hydroxyl groups excluding tert-OH is 1. The molecular formula is C20H25ClN2O3S. The number of benzene rings is 1. The molecule has 0 amide bonds. The summed E-state index contributed by atoms with van der Waals surface area (Å²) in [5, 5.41) is 19.9. The number of alkyl halides is 1. The van der Waals surface area contributed by atoms with Crippen LogP contribution >= 0.6 is 22.9 Å². The summed E-state index contributed by atoms with van der Waals surface area (Å²) >= 11 is 7.83. The third-order valence-electron chi connectivity index (χ3n) is 5.11. The number of halogens is 1. The van der Waals surface area contributed by atoms with Gasteiger partial charge in [-0.05, 0) is 49.8 Å². The second kappa shape index (κ2) is 9.04. The maximum atomic E-state index is 11.0. The van der Waals surface area contributed by atoms with Crippen LogP contribution in [0.3, 0.4) is 0 Å². The lowest BCUT2D eigenvalue weighted by molar-refractivity contribution is 0.0702. The predicted molar refractivity (Wildman–Crippen MR) is 109 cm³/mol. The molecule has 0 aliphatic carbocycles. The first kappa shape index (κ1) is 20.1. The fraction of sp³-hybridized carbons (Fsp3) is 0.500. The van der Waals surface area contributed by atoms with E-state index in [1.807, 2.05) is 19.1 Å². The minimum atomic E-state index is -0.918. The molecule has 1 aromatic heterocycles. The van der Waals surface area contributed by atoms with E-state index in [0.29, 0.717) is 6.42 Å². The summed E-state index contributed by atoms with van der Waals surface area (Å²) in [7, 11) is 0. The molecule has 1 aliphatic heterocycles. The molecule has 1 aromatic carbocycles. The zero-order valence-electron chi connectivity index (χ0n) is 15.3. The van der Waals surface area contributed by atoms with E-state index < -0.39 is 12.1 Å². The lowest BCUT2D eigenvalue weighted by Gasteiger charge is -2.28. The van der Waals surface area contributed by atoms with Crippen LogP contribution in [0.5, 0.6) is 0 Å². The number of anilines is 1. The third kappa shape index (κ3) is 4.81. The molecule has 0 bridgehead atoms. The Kier molecular flexibility index (Phi) is 6.73. The van der Waals surface area contributed by atoms with Crippen LogP contribution in [0.15, 0.2) is 30.5 Å². The normalized spacial score (nSPS) is 20.8. The highest BCUT2D eigenvalue weighted by atomic mass is 35.5. The molecule has 2 heterocycles. The summed E-state index contributed by atoms with van der Waals surface area (Å²) in [6.45, 7) is 2.89. The average molecular weight is 409 g/mol. The summed E-state index contributed by atoms with van der Waals surface area (Å²) in [6.07, 6.45) is 5.30. The van der Waals surface area contributed by atoms with Gasteiger partial charge in [0.15, 0.2) is 0 Å². The highest BCUT2D eigenvalue weighted by Crippen LogP contribution is 2.33. The monoisotopic (exact) mass is 408 g/mol. The zero-order valence-corrected chi connectivity index (χ0v) is 16.9. The van der Waals surface area contributed by atoms with Crippen molar-refractivity contribution in [3.05, 3.63) is 45.9 Å². The highest BCUT2D eigenvalue weighted by Gasteiger charge is 2.32. The maximum absolute atomic E-state index is 11.0. The van der Waals surface area contributed by atoms with Crippen LogP contribution in [0.1, 0.15) is 59.0 Å². The molecule has 3 atom stereocenters. The first-order valence-corrected chi connectivity index (χ1v) is 10.6. The molecule has 7 heteroatoms. The Balaban J connectivity index is 1.60. The molecule has 3 rings (SSSR count). The van der Waals surface area contributed by atoms with Gasteiger partial charge in [0.05, 0.1) is 22.7 Å². The quantitative estimate of drug-likeness (QED) is 0.629. The number of aromatic nitrogens is 1. The van der Waals surface area contributed by atoms with Crippen molar-refractivity contribution in [3.8, 4) is 0 Å². The zero-order chi connectivity index (χ0) is 19.4. The SMILES string of the molecule is CCC(O)c1ccc(N2CCC(Cl)C2CCCc2ncc(C(=O)O)s2)cc1. The van der Waals surface area contributed by atoms with Crippen molar-refractivity contribution in [2.24, 2.45) is 0 Å². The van der Waals surface area contributed by atoms with Crippen LogP contribution in [-0.2, 0) is 6.42 Å². The molecule has 27 heavy (non-hydrogen) atoms. The minimum absolute atomic E-state index is 0.108. The molecule has 146 valence electrons. The Hall–Kier alpha value is -1.63. The molecule has 0 radical (unpaired) electrons. The number of rotatable bonds is 8. The number of hydrogen-bond donors (Lipinski definition) is 2. The average Bonchev–Trinajstić information content (AvgIpc) is 3.29. The van der Waals surface area contributed by atoms with Crippen LogP contribution in [0.4, 0.5) is 5.69 Å². The smallest absolute Gasteiger partial charge is 0.347 e. The summed E-state index contributed by atoms with van der Waals surface area (Å²) in [5.74, 6) is -0.918. The first-order valence-electron chi connectivity index (χ1n) is 9.36. The van der Waals surface area contributed by atoms with Crippen molar-refractivity contribution in [1.29, 1.82) is 0 Å². The number of aliphatic hydroxyl groups is 1. The Bertz CT molecular complexity index is 765. The maximum Gasteiger partial charge on any atom is 0.347 e. The van der Waals surface area contributed by atoms with Gasteiger partial charge in [0.2, 0.25) is 0 Å². The largest absolute Gasteiger partial charge is 0.477 e. The number of aromatic carboxylic acids is 1. The van der Waals surface area contributed by atoms with Gasteiger partial charge < -0.3 is 15.1 Å². The molecule has 2 aromatic rings. The van der Waals surface area contributed by atoms with E-state index in [0.717, 1.165) is 48.5 Å². The standard InChI is InChI=1S/C20H25ClN2O3S/c1-2-17(24)13-6-8-14(9-7-13)23-11-10-15(21)16(23)4-3-5-19-22-12-18(27-19)20(25)26/h6-9,12,15-17,24H,2-5,10-11H2,1H3,(H,25,26). The van der Waals surface area contributed by atoms with Crippen molar-refractivity contribution in [2.75, 3.05) is 11.4 Å². The van der Waals surface area contributed by atoms with Crippen molar-refractivity contribution in [1.82, 2.24) is 4.98 Å². The third-order valence-corrected chi connectivity index (χ3v) is 6.67.